The third-order valence-electron chi connectivity index (χ3n) is 2.20. The molecular weight excluding hydrogens is 242 g/mol. The highest BCUT2D eigenvalue weighted by Crippen LogP contribution is 2.10. The summed E-state index contributed by atoms with van der Waals surface area (Å²) in [5.74, 6) is -0.325. The van der Waals surface area contributed by atoms with E-state index in [1.54, 1.807) is 12.4 Å². The van der Waals surface area contributed by atoms with E-state index >= 15 is 0 Å². The van der Waals surface area contributed by atoms with Gasteiger partial charge in [0.1, 0.15) is 10.8 Å². The molecular formula is C10H10ClN5O. The largest absolute Gasteiger partial charge is 0.344 e. The summed E-state index contributed by atoms with van der Waals surface area (Å²) in [6, 6.07) is -0.165. The second-order valence-corrected chi connectivity index (χ2v) is 3.84. The zero-order valence-electron chi connectivity index (χ0n) is 9.01. The van der Waals surface area contributed by atoms with E-state index in [1.807, 2.05) is 6.92 Å². The molecule has 0 aliphatic heterocycles. The zero-order chi connectivity index (χ0) is 12.3. The van der Waals surface area contributed by atoms with Gasteiger partial charge in [-0.1, -0.05) is 11.6 Å². The van der Waals surface area contributed by atoms with Crippen molar-refractivity contribution in [2.75, 3.05) is 0 Å². The first-order valence-electron chi connectivity index (χ1n) is 4.94. The van der Waals surface area contributed by atoms with Gasteiger partial charge in [0, 0.05) is 11.8 Å². The van der Waals surface area contributed by atoms with E-state index in [0.717, 1.165) is 5.56 Å². The van der Waals surface area contributed by atoms with Gasteiger partial charge in [-0.2, -0.15) is 5.10 Å². The van der Waals surface area contributed by atoms with Gasteiger partial charge >= 0.3 is 0 Å². The number of nitrogens with zero attached hydrogens (tertiary/aromatic N) is 3. The molecule has 17 heavy (non-hydrogen) atoms. The Kier molecular flexibility index (Phi) is 3.34. The van der Waals surface area contributed by atoms with Gasteiger partial charge in [-0.15, -0.1) is 0 Å². The first-order valence-corrected chi connectivity index (χ1v) is 5.31. The molecule has 0 aliphatic rings. The maximum atomic E-state index is 11.8. The van der Waals surface area contributed by atoms with Gasteiger partial charge in [-0.3, -0.25) is 14.9 Å². The topological polar surface area (TPSA) is 83.6 Å². The molecule has 0 bridgehead atoms. The molecule has 1 unspecified atom stereocenters. The van der Waals surface area contributed by atoms with Gasteiger partial charge in [0.25, 0.3) is 5.91 Å². The summed E-state index contributed by atoms with van der Waals surface area (Å²) in [5, 5.41) is 9.45. The molecule has 0 saturated heterocycles. The standard InChI is InChI=1S/C10H10ClN5O/c1-6(7-2-13-14-3-7)15-10(17)8-4-12-5-9(11)16-8/h2-6H,1H3,(H,13,14)(H,15,17). The SMILES string of the molecule is CC(NC(=O)c1cncc(Cl)n1)c1cn[nH]c1. The summed E-state index contributed by atoms with van der Waals surface area (Å²) in [7, 11) is 0. The van der Waals surface area contributed by atoms with Crippen molar-refractivity contribution < 1.29 is 4.79 Å². The van der Waals surface area contributed by atoms with E-state index < -0.39 is 0 Å². The molecule has 0 aromatic carbocycles. The number of hydrogen-bond acceptors (Lipinski definition) is 4. The molecule has 2 aromatic heterocycles. The lowest BCUT2D eigenvalue weighted by atomic mass is 10.2. The minimum atomic E-state index is -0.325. The molecule has 2 aromatic rings. The van der Waals surface area contributed by atoms with Crippen molar-refractivity contribution in [1.82, 2.24) is 25.5 Å². The Morgan fingerprint density at radius 2 is 2.29 bits per heavy atom. The molecule has 1 amide bonds. The van der Waals surface area contributed by atoms with Crippen molar-refractivity contribution in [2.45, 2.75) is 13.0 Å². The van der Waals surface area contributed by atoms with E-state index in [2.05, 4.69) is 25.5 Å². The molecule has 0 aliphatic carbocycles. The summed E-state index contributed by atoms with van der Waals surface area (Å²) in [6.45, 7) is 1.85. The van der Waals surface area contributed by atoms with E-state index in [4.69, 9.17) is 11.6 Å². The molecule has 0 radical (unpaired) electrons. The van der Waals surface area contributed by atoms with E-state index in [9.17, 15) is 4.79 Å². The van der Waals surface area contributed by atoms with Crippen LogP contribution in [0, 0.1) is 0 Å². The molecule has 0 spiro atoms. The Hall–Kier alpha value is -1.95. The Balaban J connectivity index is 2.07. The minimum absolute atomic E-state index is 0.165. The molecule has 7 heteroatoms. The number of H-pyrrole nitrogens is 1. The second-order valence-electron chi connectivity index (χ2n) is 3.45. The van der Waals surface area contributed by atoms with Crippen molar-refractivity contribution in [3.63, 3.8) is 0 Å². The van der Waals surface area contributed by atoms with Crippen LogP contribution in [0.25, 0.3) is 0 Å². The lowest BCUT2D eigenvalue weighted by molar-refractivity contribution is 0.0934. The number of rotatable bonds is 3. The van der Waals surface area contributed by atoms with Gasteiger partial charge in [-0.25, -0.2) is 4.98 Å². The van der Waals surface area contributed by atoms with Crippen LogP contribution >= 0.6 is 11.6 Å². The van der Waals surface area contributed by atoms with E-state index in [-0.39, 0.29) is 22.8 Å². The van der Waals surface area contributed by atoms with Crippen LogP contribution < -0.4 is 5.32 Å². The van der Waals surface area contributed by atoms with Gasteiger partial charge in [0.05, 0.1) is 24.6 Å². The first-order chi connectivity index (χ1) is 8.16. The molecule has 0 saturated carbocycles. The summed E-state index contributed by atoms with van der Waals surface area (Å²) in [6.07, 6.45) is 6.10. The summed E-state index contributed by atoms with van der Waals surface area (Å²) >= 11 is 5.66. The number of halogens is 1. The number of nitrogens with one attached hydrogen (secondary N) is 2. The Bertz CT molecular complexity index is 513. The van der Waals surface area contributed by atoms with Gasteiger partial charge < -0.3 is 5.32 Å². The number of hydrogen-bond donors (Lipinski definition) is 2. The summed E-state index contributed by atoms with van der Waals surface area (Å²) < 4.78 is 0. The van der Waals surface area contributed by atoms with Crippen LogP contribution in [-0.2, 0) is 0 Å². The van der Waals surface area contributed by atoms with Crippen LogP contribution in [0.1, 0.15) is 29.0 Å². The summed E-state index contributed by atoms with van der Waals surface area (Å²) in [5.41, 5.74) is 1.07. The number of aromatic amines is 1. The fourth-order valence-electron chi connectivity index (χ4n) is 1.30. The predicted molar refractivity (Wildman–Crippen MR) is 61.5 cm³/mol. The Labute approximate surface area is 102 Å². The number of carbonyl (C=O) groups is 1. The lowest BCUT2D eigenvalue weighted by Crippen LogP contribution is -2.27. The first kappa shape index (κ1) is 11.5. The van der Waals surface area contributed by atoms with Crippen molar-refractivity contribution in [3.8, 4) is 0 Å². The number of aromatic nitrogens is 4. The van der Waals surface area contributed by atoms with Crippen LogP contribution in [-0.4, -0.2) is 26.1 Å². The van der Waals surface area contributed by atoms with Crippen molar-refractivity contribution in [3.05, 3.63) is 41.2 Å². The van der Waals surface area contributed by atoms with Gasteiger partial charge in [0.2, 0.25) is 0 Å². The molecule has 1 atom stereocenters. The van der Waals surface area contributed by atoms with Crippen LogP contribution in [0.2, 0.25) is 5.15 Å². The molecule has 0 fully saturated rings. The minimum Gasteiger partial charge on any atom is -0.344 e. The van der Waals surface area contributed by atoms with Gasteiger partial charge in [-0.05, 0) is 6.92 Å². The number of amides is 1. The summed E-state index contributed by atoms with van der Waals surface area (Å²) in [4.78, 5) is 19.5. The highest BCUT2D eigenvalue weighted by atomic mass is 35.5. The van der Waals surface area contributed by atoms with Crippen molar-refractivity contribution >= 4 is 17.5 Å². The van der Waals surface area contributed by atoms with Crippen LogP contribution in [0.5, 0.6) is 0 Å². The third-order valence-corrected chi connectivity index (χ3v) is 2.39. The van der Waals surface area contributed by atoms with Crippen LogP contribution in [0.15, 0.2) is 24.8 Å². The van der Waals surface area contributed by atoms with E-state index in [0.29, 0.717) is 0 Å². The fourth-order valence-corrected chi connectivity index (χ4v) is 1.45. The average molecular weight is 252 g/mol. The predicted octanol–water partition coefficient (Wildman–Crippen LogP) is 1.34. The van der Waals surface area contributed by atoms with Crippen LogP contribution in [0.4, 0.5) is 0 Å². The van der Waals surface area contributed by atoms with Crippen molar-refractivity contribution in [1.29, 1.82) is 0 Å². The monoisotopic (exact) mass is 251 g/mol. The molecule has 6 nitrogen and oxygen atoms in total. The third kappa shape index (κ3) is 2.79. The molecule has 88 valence electrons. The number of carbonyl (C=O) groups excluding carboxylic acids is 1. The molecule has 2 heterocycles. The second kappa shape index (κ2) is 4.92. The maximum absolute atomic E-state index is 11.8. The highest BCUT2D eigenvalue weighted by molar-refractivity contribution is 6.29. The van der Waals surface area contributed by atoms with Crippen molar-refractivity contribution in [2.24, 2.45) is 0 Å². The maximum Gasteiger partial charge on any atom is 0.272 e. The van der Waals surface area contributed by atoms with E-state index in [1.165, 1.54) is 12.4 Å². The normalized spacial score (nSPS) is 12.1. The van der Waals surface area contributed by atoms with Crippen LogP contribution in [0.3, 0.4) is 0 Å². The molecule has 2 rings (SSSR count). The Morgan fingerprint density at radius 3 is 2.94 bits per heavy atom. The van der Waals surface area contributed by atoms with Gasteiger partial charge in [0.15, 0.2) is 0 Å². The zero-order valence-corrected chi connectivity index (χ0v) is 9.77. The smallest absolute Gasteiger partial charge is 0.272 e. The highest BCUT2D eigenvalue weighted by Gasteiger charge is 2.13. The lowest BCUT2D eigenvalue weighted by Gasteiger charge is -2.11. The molecule has 2 N–H and O–H groups in total. The quantitative estimate of drug-likeness (QED) is 0.862. The fraction of sp³-hybridized carbons (Fsp3) is 0.200. The Morgan fingerprint density at radius 1 is 1.47 bits per heavy atom. The average Bonchev–Trinajstić information content (AvgIpc) is 2.82.